The first-order chi connectivity index (χ1) is 13.3. The van der Waals surface area contributed by atoms with Gasteiger partial charge >= 0.3 is 5.69 Å². The van der Waals surface area contributed by atoms with Gasteiger partial charge in [0.15, 0.2) is 0 Å². The second kappa shape index (κ2) is 11.7. The molecule has 0 fully saturated rings. The number of thioether (sulfide) groups is 1. The maximum atomic E-state index is 12.5. The number of rotatable bonds is 9. The molecule has 0 aliphatic heterocycles. The van der Waals surface area contributed by atoms with E-state index in [1.807, 2.05) is 0 Å². The van der Waals surface area contributed by atoms with Crippen molar-refractivity contribution in [2.24, 2.45) is 14.1 Å². The van der Waals surface area contributed by atoms with Crippen LogP contribution in [0.25, 0.3) is 0 Å². The second-order valence-corrected chi connectivity index (χ2v) is 7.83. The van der Waals surface area contributed by atoms with Crippen LogP contribution in [0.15, 0.2) is 27.8 Å². The van der Waals surface area contributed by atoms with Crippen molar-refractivity contribution < 1.29 is 41.0 Å². The average molecular weight is 643 g/mol. The summed E-state index contributed by atoms with van der Waals surface area (Å²) >= 11 is 1.41. The number of aromatic hydroxyl groups is 1. The molecule has 0 saturated carbocycles. The topological polar surface area (TPSA) is 93.3 Å². The molecule has 2 aromatic rings. The summed E-state index contributed by atoms with van der Waals surface area (Å²) in [5.41, 5.74) is 0.606. The third kappa shape index (κ3) is 6.53. The van der Waals surface area contributed by atoms with Crippen molar-refractivity contribution in [1.82, 2.24) is 9.13 Å². The first kappa shape index (κ1) is 25.6. The Hall–Kier alpha value is -1.43. The Kier molecular flexibility index (Phi) is 10.3. The summed E-state index contributed by atoms with van der Waals surface area (Å²) < 4.78 is 2.50. The number of phenols is 1. The first-order valence-corrected chi connectivity index (χ1v) is 10.2. The third-order valence-corrected chi connectivity index (χ3v) is 5.79. The molecule has 0 radical (unpaired) electrons. The number of aromatic nitrogens is 2. The number of anilines is 1. The van der Waals surface area contributed by atoms with Gasteiger partial charge in [-0.05, 0) is 13.3 Å². The summed E-state index contributed by atoms with van der Waals surface area (Å²) in [7, 11) is 3.07. The molecule has 0 amide bonds. The van der Waals surface area contributed by atoms with Crippen LogP contribution in [0.4, 0.5) is 5.69 Å². The molecule has 0 spiro atoms. The van der Waals surface area contributed by atoms with Gasteiger partial charge in [-0.3, -0.25) is 18.7 Å². The van der Waals surface area contributed by atoms with Gasteiger partial charge in [0, 0.05) is 56.7 Å². The standard InChI is InChI=1S/C20H26N3O4S.U/c1-5-6-10-17(28-12-16(25)14-8-7-9-15(24)11-14)21-18-13(2)22(3)20(27)23(4)19(18)26;/h7-8,11,17,21,24H,5-6,10,12H2,1-4H3;/q-1;. The summed E-state index contributed by atoms with van der Waals surface area (Å²) in [4.78, 5) is 37.0. The van der Waals surface area contributed by atoms with Crippen molar-refractivity contribution >= 4 is 23.2 Å². The zero-order valence-corrected chi connectivity index (χ0v) is 22.1. The van der Waals surface area contributed by atoms with E-state index in [0.29, 0.717) is 16.9 Å². The second-order valence-electron chi connectivity index (χ2n) is 6.64. The summed E-state index contributed by atoms with van der Waals surface area (Å²) in [5, 5.41) is 12.6. The Morgan fingerprint density at radius 3 is 2.62 bits per heavy atom. The molecule has 2 rings (SSSR count). The Morgan fingerprint density at radius 2 is 2.00 bits per heavy atom. The molecule has 1 aromatic carbocycles. The molecule has 1 aromatic heterocycles. The first-order valence-electron chi connectivity index (χ1n) is 9.14. The third-order valence-electron chi connectivity index (χ3n) is 4.61. The van der Waals surface area contributed by atoms with E-state index in [1.165, 1.54) is 35.5 Å². The van der Waals surface area contributed by atoms with Gasteiger partial charge in [-0.25, -0.2) is 4.79 Å². The number of hydrogen-bond acceptors (Lipinski definition) is 6. The number of nitrogens with zero attached hydrogens (tertiary/aromatic N) is 2. The van der Waals surface area contributed by atoms with Crippen LogP contribution < -0.4 is 16.6 Å². The van der Waals surface area contributed by atoms with Crippen molar-refractivity contribution in [3.8, 4) is 5.75 Å². The molecule has 0 bridgehead atoms. The molecule has 156 valence electrons. The van der Waals surface area contributed by atoms with E-state index in [2.05, 4.69) is 18.3 Å². The molecule has 9 heteroatoms. The molecule has 7 nitrogen and oxygen atoms in total. The SMILES string of the molecule is CCCCC(Nc1c(C)n(C)c(=O)n(C)c1=O)SCC(=O)c1cc[c-]c(O)c1.[U]. The molecular weight excluding hydrogens is 616 g/mol. The molecule has 0 aliphatic carbocycles. The van der Waals surface area contributed by atoms with Gasteiger partial charge in [0.05, 0.1) is 11.1 Å². The summed E-state index contributed by atoms with van der Waals surface area (Å²) in [6, 6.07) is 7.12. The quantitative estimate of drug-likeness (QED) is 0.248. The van der Waals surface area contributed by atoms with Crippen molar-refractivity contribution in [3.05, 3.63) is 56.4 Å². The van der Waals surface area contributed by atoms with Crippen LogP contribution in [0.2, 0.25) is 0 Å². The van der Waals surface area contributed by atoms with Crippen molar-refractivity contribution in [2.75, 3.05) is 11.1 Å². The summed E-state index contributed by atoms with van der Waals surface area (Å²) in [5.74, 6) is 0.0270. The van der Waals surface area contributed by atoms with E-state index in [4.69, 9.17) is 0 Å². The zero-order valence-electron chi connectivity index (χ0n) is 17.1. The van der Waals surface area contributed by atoms with E-state index < -0.39 is 0 Å². The van der Waals surface area contributed by atoms with Crippen LogP contribution in [0.1, 0.15) is 42.2 Å². The minimum atomic E-state index is -0.377. The fourth-order valence-corrected chi connectivity index (χ4v) is 3.80. The molecule has 0 aliphatic rings. The Balaban J connectivity index is 0.00000420. The molecule has 1 heterocycles. The van der Waals surface area contributed by atoms with Gasteiger partial charge in [-0.1, -0.05) is 25.3 Å². The number of phenolic OH excluding ortho intramolecular Hbond substituents is 1. The molecule has 0 saturated heterocycles. The number of unbranched alkanes of at least 4 members (excludes halogenated alkanes) is 1. The van der Waals surface area contributed by atoms with Crippen LogP contribution >= 0.6 is 11.8 Å². The van der Waals surface area contributed by atoms with Crippen LogP contribution in [0.5, 0.6) is 5.75 Å². The van der Waals surface area contributed by atoms with Gasteiger partial charge < -0.3 is 10.4 Å². The van der Waals surface area contributed by atoms with Gasteiger partial charge in [0.25, 0.3) is 5.56 Å². The number of benzene rings is 1. The number of carbonyl (C=O) groups is 1. The van der Waals surface area contributed by atoms with Crippen molar-refractivity contribution in [2.45, 2.75) is 38.5 Å². The van der Waals surface area contributed by atoms with Gasteiger partial charge in [-0.15, -0.1) is 23.9 Å². The molecule has 29 heavy (non-hydrogen) atoms. The minimum absolute atomic E-state index is 0. The number of carbonyl (C=O) groups excluding carboxylic acids is 1. The van der Waals surface area contributed by atoms with Crippen LogP contribution in [0, 0.1) is 44.1 Å². The average Bonchev–Trinajstić information content (AvgIpc) is 2.69. The van der Waals surface area contributed by atoms with Gasteiger partial charge in [0.2, 0.25) is 0 Å². The van der Waals surface area contributed by atoms with Gasteiger partial charge in [-0.2, -0.15) is 12.1 Å². The van der Waals surface area contributed by atoms with Crippen LogP contribution in [-0.4, -0.2) is 31.2 Å². The van der Waals surface area contributed by atoms with E-state index in [9.17, 15) is 19.5 Å². The number of hydrogen-bond donors (Lipinski definition) is 2. The number of Topliss-reactive ketones (excluding diaryl/α,β-unsaturated/α-hetero) is 1. The molecule has 1 unspecified atom stereocenters. The van der Waals surface area contributed by atoms with Crippen molar-refractivity contribution in [3.63, 3.8) is 0 Å². The molecule has 2 N–H and O–H groups in total. The van der Waals surface area contributed by atoms with Gasteiger partial charge in [0.1, 0.15) is 11.5 Å². The fraction of sp³-hybridized carbons (Fsp3) is 0.450. The maximum absolute atomic E-state index is 12.5. The van der Waals surface area contributed by atoms with Crippen LogP contribution in [0.3, 0.4) is 0 Å². The maximum Gasteiger partial charge on any atom is 0.330 e. The normalized spacial score (nSPS) is 11.6. The van der Waals surface area contributed by atoms with E-state index >= 15 is 0 Å². The number of nitrogens with one attached hydrogen (secondary N) is 1. The Bertz CT molecular complexity index is 971. The largest absolute Gasteiger partial charge is 0.534 e. The predicted molar refractivity (Wildman–Crippen MR) is 112 cm³/mol. The fourth-order valence-electron chi connectivity index (χ4n) is 2.75. The van der Waals surface area contributed by atoms with E-state index in [-0.39, 0.29) is 65.0 Å². The summed E-state index contributed by atoms with van der Waals surface area (Å²) in [6.45, 7) is 3.80. The summed E-state index contributed by atoms with van der Waals surface area (Å²) in [6.07, 6.45) is 2.69. The monoisotopic (exact) mass is 642 g/mol. The molecule has 1 atom stereocenters. The van der Waals surface area contributed by atoms with Crippen molar-refractivity contribution in [1.29, 1.82) is 0 Å². The smallest absolute Gasteiger partial charge is 0.330 e. The molecular formula is C20H26N3O4SU-. The van der Waals surface area contributed by atoms with E-state index in [1.54, 1.807) is 20.0 Å². The number of ketones is 1. The Morgan fingerprint density at radius 1 is 1.31 bits per heavy atom. The predicted octanol–water partition coefficient (Wildman–Crippen LogP) is 2.44. The Labute approximate surface area is 198 Å². The van der Waals surface area contributed by atoms with Crippen LogP contribution in [-0.2, 0) is 14.1 Å². The zero-order chi connectivity index (χ0) is 20.8. The van der Waals surface area contributed by atoms with E-state index in [0.717, 1.165) is 23.8 Å². The minimum Gasteiger partial charge on any atom is -0.534 e.